The van der Waals surface area contributed by atoms with Crippen molar-refractivity contribution >= 4 is 23.7 Å². The molecule has 2 heterocycles. The summed E-state index contributed by atoms with van der Waals surface area (Å²) in [5, 5.41) is 0. The van der Waals surface area contributed by atoms with Crippen LogP contribution in [0, 0.1) is 28.1 Å². The molecule has 8 nitrogen and oxygen atoms in total. The number of esters is 3. The van der Waals surface area contributed by atoms with Gasteiger partial charge in [0.05, 0.1) is 37.4 Å². The van der Waals surface area contributed by atoms with Crippen LogP contribution in [0.5, 0.6) is 0 Å². The molecule has 3 aliphatic carbocycles. The molecular weight excluding hydrogens is 476 g/mol. The minimum atomic E-state index is -0.971. The summed E-state index contributed by atoms with van der Waals surface area (Å²) >= 11 is 0. The van der Waals surface area contributed by atoms with Crippen molar-refractivity contribution in [1.82, 2.24) is 0 Å². The second-order valence-corrected chi connectivity index (χ2v) is 11.9. The molecule has 4 aliphatic rings. The van der Waals surface area contributed by atoms with Crippen molar-refractivity contribution in [3.05, 3.63) is 47.0 Å². The Morgan fingerprint density at radius 3 is 2.51 bits per heavy atom. The average Bonchev–Trinajstić information content (AvgIpc) is 3.36. The highest BCUT2D eigenvalue weighted by atomic mass is 16.6. The third kappa shape index (κ3) is 3.55. The summed E-state index contributed by atoms with van der Waals surface area (Å²) in [7, 11) is 1.33. The lowest BCUT2D eigenvalue weighted by molar-refractivity contribution is -0.186. The van der Waals surface area contributed by atoms with Gasteiger partial charge in [-0.05, 0) is 49.3 Å². The molecule has 1 aromatic heterocycles. The van der Waals surface area contributed by atoms with Crippen LogP contribution in [-0.4, -0.2) is 36.9 Å². The monoisotopic (exact) mass is 510 g/mol. The second-order valence-electron chi connectivity index (χ2n) is 11.9. The van der Waals surface area contributed by atoms with Crippen molar-refractivity contribution in [2.45, 2.75) is 72.5 Å². The third-order valence-electron chi connectivity index (χ3n) is 9.60. The van der Waals surface area contributed by atoms with E-state index in [4.69, 9.17) is 18.6 Å². The van der Waals surface area contributed by atoms with Crippen LogP contribution in [0.2, 0.25) is 0 Å². The lowest BCUT2D eigenvalue weighted by Gasteiger charge is -2.61. The molecule has 1 fully saturated rings. The van der Waals surface area contributed by atoms with E-state index in [1.807, 2.05) is 26.8 Å². The number of cyclic esters (lactones) is 1. The fourth-order valence-electron chi connectivity index (χ4n) is 7.83. The van der Waals surface area contributed by atoms with E-state index in [0.717, 1.165) is 22.3 Å². The maximum absolute atomic E-state index is 14.2. The summed E-state index contributed by atoms with van der Waals surface area (Å²) in [4.78, 5) is 51.9. The van der Waals surface area contributed by atoms with Crippen molar-refractivity contribution in [2.75, 3.05) is 7.11 Å². The Morgan fingerprint density at radius 1 is 1.16 bits per heavy atom. The van der Waals surface area contributed by atoms with Crippen LogP contribution in [0.3, 0.4) is 0 Å². The van der Waals surface area contributed by atoms with Gasteiger partial charge in [0, 0.05) is 29.4 Å². The summed E-state index contributed by atoms with van der Waals surface area (Å²) in [5.41, 5.74) is 1.40. The van der Waals surface area contributed by atoms with E-state index in [-0.39, 0.29) is 12.2 Å². The highest BCUT2D eigenvalue weighted by molar-refractivity contribution is 5.96. The van der Waals surface area contributed by atoms with Gasteiger partial charge in [-0.25, -0.2) is 4.79 Å². The molecule has 2 bridgehead atoms. The van der Waals surface area contributed by atoms with Gasteiger partial charge < -0.3 is 18.6 Å². The Labute approximate surface area is 216 Å². The van der Waals surface area contributed by atoms with Gasteiger partial charge in [0.2, 0.25) is 0 Å². The summed E-state index contributed by atoms with van der Waals surface area (Å²) in [6.07, 6.45) is 5.14. The van der Waals surface area contributed by atoms with Gasteiger partial charge >= 0.3 is 17.9 Å². The molecule has 1 saturated carbocycles. The molecular formula is C29H34O8. The number of hydrogen-bond acceptors (Lipinski definition) is 8. The number of carbonyl (C=O) groups is 4. The quantitative estimate of drug-likeness (QED) is 0.425. The van der Waals surface area contributed by atoms with Crippen molar-refractivity contribution in [3.8, 4) is 0 Å². The van der Waals surface area contributed by atoms with E-state index < -0.39 is 58.2 Å². The average molecular weight is 511 g/mol. The van der Waals surface area contributed by atoms with Crippen LogP contribution in [0.25, 0.3) is 0 Å². The van der Waals surface area contributed by atoms with Gasteiger partial charge in [-0.3, -0.25) is 14.4 Å². The van der Waals surface area contributed by atoms with Crippen LogP contribution >= 0.6 is 0 Å². The number of allylic oxidation sites excluding steroid dienone is 2. The molecule has 0 radical (unpaired) electrons. The Balaban J connectivity index is 1.70. The second kappa shape index (κ2) is 8.43. The molecule has 1 aliphatic heterocycles. The number of Topliss-reactive ketones (excluding diaryl/α,β-unsaturated/α-hetero) is 1. The van der Waals surface area contributed by atoms with Crippen LogP contribution < -0.4 is 0 Å². The van der Waals surface area contributed by atoms with Gasteiger partial charge in [0.1, 0.15) is 18.0 Å². The molecule has 0 saturated heterocycles. The van der Waals surface area contributed by atoms with Crippen LogP contribution in [0.15, 0.2) is 45.8 Å². The van der Waals surface area contributed by atoms with Crippen molar-refractivity contribution in [3.63, 3.8) is 0 Å². The zero-order chi connectivity index (χ0) is 26.9. The Morgan fingerprint density at radius 2 is 1.89 bits per heavy atom. The SMILES string of the molecule is COC(=O)C[C@H]1C(C)(C)[C@H](OC(C)=O)[C@@H]2CC3=C(CC[C@]4(C)C3=CC(=O)O[C@H]4c3ccoc3)[C@@]1(C)C2=O. The smallest absolute Gasteiger partial charge is 0.331 e. The minimum Gasteiger partial charge on any atom is -0.472 e. The van der Waals surface area contributed by atoms with Gasteiger partial charge in [0.15, 0.2) is 0 Å². The van der Waals surface area contributed by atoms with Crippen molar-refractivity contribution in [2.24, 2.45) is 28.1 Å². The molecule has 198 valence electrons. The molecule has 0 N–H and O–H groups in total. The highest BCUT2D eigenvalue weighted by Gasteiger charge is 2.67. The first-order valence-corrected chi connectivity index (χ1v) is 12.8. The lowest BCUT2D eigenvalue weighted by atomic mass is 9.43. The van der Waals surface area contributed by atoms with Crippen LogP contribution in [0.4, 0.5) is 0 Å². The van der Waals surface area contributed by atoms with Crippen molar-refractivity contribution < 1.29 is 37.8 Å². The molecule has 6 atom stereocenters. The lowest BCUT2D eigenvalue weighted by Crippen LogP contribution is -2.64. The van der Waals surface area contributed by atoms with Crippen LogP contribution in [0.1, 0.15) is 72.0 Å². The number of ether oxygens (including phenoxy) is 3. The molecule has 0 amide bonds. The predicted molar refractivity (Wildman–Crippen MR) is 131 cm³/mol. The third-order valence-corrected chi connectivity index (χ3v) is 9.60. The first kappa shape index (κ1) is 25.5. The predicted octanol–water partition coefficient (Wildman–Crippen LogP) is 4.65. The zero-order valence-corrected chi connectivity index (χ0v) is 22.2. The largest absolute Gasteiger partial charge is 0.472 e. The number of rotatable bonds is 4. The Bertz CT molecular complexity index is 1230. The van der Waals surface area contributed by atoms with Gasteiger partial charge in [-0.15, -0.1) is 0 Å². The molecule has 0 aromatic carbocycles. The zero-order valence-electron chi connectivity index (χ0n) is 22.2. The van der Waals surface area contributed by atoms with Crippen LogP contribution in [-0.2, 0) is 33.4 Å². The highest BCUT2D eigenvalue weighted by Crippen LogP contribution is 2.66. The van der Waals surface area contributed by atoms with E-state index in [2.05, 4.69) is 6.92 Å². The standard InChI is InChI=1S/C29H34O8/c1-15(30)36-26-18-11-17-19(29(5,24(18)33)21(27(26,2)3)13-22(31)34-6)7-9-28(4)20(17)12-23(32)37-25(28)16-8-10-35-14-16/h8,10,12,14,18,21,25-26H,7,9,11,13H2,1-6H3/t18-,21+,25+,26-,28-,29-/m1/s1. The Hall–Kier alpha value is -3.16. The first-order valence-electron chi connectivity index (χ1n) is 12.8. The number of fused-ring (bicyclic) bond motifs is 5. The van der Waals surface area contributed by atoms with Crippen molar-refractivity contribution in [1.29, 1.82) is 0 Å². The van der Waals surface area contributed by atoms with Gasteiger partial charge in [-0.2, -0.15) is 0 Å². The minimum absolute atomic E-state index is 0.0142. The number of ketones is 1. The molecule has 8 heteroatoms. The maximum atomic E-state index is 14.2. The molecule has 1 aromatic rings. The number of furan rings is 1. The fourth-order valence-corrected chi connectivity index (χ4v) is 7.83. The number of methoxy groups -OCH3 is 1. The summed E-state index contributed by atoms with van der Waals surface area (Å²) in [6, 6.07) is 1.81. The number of carbonyl (C=O) groups excluding carboxylic acids is 4. The van der Waals surface area contributed by atoms with Gasteiger partial charge in [-0.1, -0.05) is 26.3 Å². The maximum Gasteiger partial charge on any atom is 0.331 e. The molecule has 5 rings (SSSR count). The summed E-state index contributed by atoms with van der Waals surface area (Å²) < 4.78 is 22.0. The van der Waals surface area contributed by atoms with E-state index in [9.17, 15) is 19.2 Å². The molecule has 37 heavy (non-hydrogen) atoms. The van der Waals surface area contributed by atoms with E-state index >= 15 is 0 Å². The molecule has 0 spiro atoms. The summed E-state index contributed by atoms with van der Waals surface area (Å²) in [6.45, 7) is 9.28. The Kier molecular flexibility index (Phi) is 5.81. The molecule has 0 unspecified atom stereocenters. The van der Waals surface area contributed by atoms with Gasteiger partial charge in [0.25, 0.3) is 0 Å². The fraction of sp³-hybridized carbons (Fsp3) is 0.586. The number of hydrogen-bond donors (Lipinski definition) is 0. The topological polar surface area (TPSA) is 109 Å². The van der Waals surface area contributed by atoms with E-state index in [1.165, 1.54) is 14.0 Å². The van der Waals surface area contributed by atoms with E-state index in [1.54, 1.807) is 18.6 Å². The summed E-state index contributed by atoms with van der Waals surface area (Å²) in [5.74, 6) is -2.40. The normalized spacial score (nSPS) is 36.1. The van der Waals surface area contributed by atoms with E-state index in [0.29, 0.717) is 19.3 Å². The first-order chi connectivity index (χ1) is 17.4.